The fourth-order valence-corrected chi connectivity index (χ4v) is 1.35. The Bertz CT molecular complexity index is 176. The zero-order valence-electron chi connectivity index (χ0n) is 7.17. The van der Waals surface area contributed by atoms with E-state index in [1.54, 1.807) is 0 Å². The Labute approximate surface area is 67.8 Å². The first-order valence-corrected chi connectivity index (χ1v) is 3.87. The summed E-state index contributed by atoms with van der Waals surface area (Å²) in [5.74, 6) is 0.694. The molecule has 1 N–H and O–H groups in total. The molecule has 1 aliphatic heterocycles. The van der Waals surface area contributed by atoms with Gasteiger partial charge in [-0.1, -0.05) is 6.08 Å². The van der Waals surface area contributed by atoms with E-state index in [1.165, 1.54) is 0 Å². The van der Waals surface area contributed by atoms with Gasteiger partial charge in [-0.05, 0) is 6.92 Å². The lowest BCUT2D eigenvalue weighted by Gasteiger charge is -2.29. The average molecular weight is 153 g/mol. The summed E-state index contributed by atoms with van der Waals surface area (Å²) in [5.41, 5.74) is 0. The molecule has 1 fully saturated rings. The second kappa shape index (κ2) is 3.05. The molecule has 0 spiro atoms. The van der Waals surface area contributed by atoms with Gasteiger partial charge in [0.1, 0.15) is 5.84 Å². The SMILES string of the molecule is C=C[C@H](C)N1C(=N)CCN1C. The Morgan fingerprint density at radius 3 is 2.73 bits per heavy atom. The van der Waals surface area contributed by atoms with E-state index >= 15 is 0 Å². The Morgan fingerprint density at radius 2 is 2.36 bits per heavy atom. The van der Waals surface area contributed by atoms with E-state index in [2.05, 4.69) is 11.6 Å². The third-order valence-corrected chi connectivity index (χ3v) is 2.04. The first-order chi connectivity index (χ1) is 5.16. The van der Waals surface area contributed by atoms with Crippen molar-refractivity contribution in [3.8, 4) is 0 Å². The van der Waals surface area contributed by atoms with Crippen LogP contribution in [-0.4, -0.2) is 35.5 Å². The first-order valence-electron chi connectivity index (χ1n) is 3.87. The van der Waals surface area contributed by atoms with Crippen LogP contribution in [0.2, 0.25) is 0 Å². The van der Waals surface area contributed by atoms with Gasteiger partial charge in [0.25, 0.3) is 0 Å². The number of rotatable bonds is 2. The predicted molar refractivity (Wildman–Crippen MR) is 46.5 cm³/mol. The summed E-state index contributed by atoms with van der Waals surface area (Å²) < 4.78 is 0. The van der Waals surface area contributed by atoms with Crippen LogP contribution >= 0.6 is 0 Å². The van der Waals surface area contributed by atoms with Gasteiger partial charge in [-0.2, -0.15) is 0 Å². The maximum Gasteiger partial charge on any atom is 0.112 e. The van der Waals surface area contributed by atoms with Crippen LogP contribution in [0.3, 0.4) is 0 Å². The van der Waals surface area contributed by atoms with Crippen molar-refractivity contribution in [3.05, 3.63) is 12.7 Å². The monoisotopic (exact) mass is 153 g/mol. The maximum absolute atomic E-state index is 7.61. The van der Waals surface area contributed by atoms with E-state index in [4.69, 9.17) is 5.41 Å². The molecule has 1 aliphatic rings. The predicted octanol–water partition coefficient (Wildman–Crippen LogP) is 1.09. The fraction of sp³-hybridized carbons (Fsp3) is 0.625. The molecule has 0 unspecified atom stereocenters. The van der Waals surface area contributed by atoms with E-state index in [1.807, 2.05) is 25.1 Å². The van der Waals surface area contributed by atoms with Gasteiger partial charge in [-0.25, -0.2) is 5.01 Å². The molecule has 0 aromatic heterocycles. The van der Waals surface area contributed by atoms with Crippen LogP contribution in [0.15, 0.2) is 12.7 Å². The van der Waals surface area contributed by atoms with Crippen molar-refractivity contribution in [2.24, 2.45) is 0 Å². The van der Waals surface area contributed by atoms with Gasteiger partial charge in [0.2, 0.25) is 0 Å². The topological polar surface area (TPSA) is 30.3 Å². The zero-order valence-corrected chi connectivity index (χ0v) is 7.17. The molecule has 3 heteroatoms. The molecule has 1 heterocycles. The van der Waals surface area contributed by atoms with Crippen molar-refractivity contribution >= 4 is 5.84 Å². The van der Waals surface area contributed by atoms with E-state index in [9.17, 15) is 0 Å². The number of hydrogen-bond acceptors (Lipinski definition) is 2. The number of amidine groups is 1. The molecule has 0 bridgehead atoms. The maximum atomic E-state index is 7.61. The second-order valence-corrected chi connectivity index (χ2v) is 2.90. The lowest BCUT2D eigenvalue weighted by molar-refractivity contribution is 0.0892. The number of hydrazine groups is 1. The first kappa shape index (κ1) is 8.27. The van der Waals surface area contributed by atoms with E-state index in [0.717, 1.165) is 13.0 Å². The van der Waals surface area contributed by atoms with Crippen LogP contribution in [-0.2, 0) is 0 Å². The molecule has 1 rings (SSSR count). The zero-order chi connectivity index (χ0) is 8.43. The van der Waals surface area contributed by atoms with Crippen molar-refractivity contribution in [2.45, 2.75) is 19.4 Å². The van der Waals surface area contributed by atoms with Crippen LogP contribution < -0.4 is 0 Å². The fourth-order valence-electron chi connectivity index (χ4n) is 1.35. The van der Waals surface area contributed by atoms with Crippen LogP contribution in [0.5, 0.6) is 0 Å². The number of nitrogens with zero attached hydrogens (tertiary/aromatic N) is 2. The molecule has 0 saturated carbocycles. The van der Waals surface area contributed by atoms with Crippen molar-refractivity contribution in [3.63, 3.8) is 0 Å². The summed E-state index contributed by atoms with van der Waals surface area (Å²) in [6.07, 6.45) is 2.71. The van der Waals surface area contributed by atoms with Crippen LogP contribution in [0.25, 0.3) is 0 Å². The molecule has 1 atom stereocenters. The summed E-state index contributed by atoms with van der Waals surface area (Å²) in [5, 5.41) is 11.6. The van der Waals surface area contributed by atoms with Gasteiger partial charge < -0.3 is 0 Å². The smallest absolute Gasteiger partial charge is 0.112 e. The van der Waals surface area contributed by atoms with Crippen molar-refractivity contribution in [1.82, 2.24) is 10.0 Å². The van der Waals surface area contributed by atoms with Crippen molar-refractivity contribution < 1.29 is 0 Å². The lowest BCUT2D eigenvalue weighted by atomic mass is 10.3. The summed E-state index contributed by atoms with van der Waals surface area (Å²) >= 11 is 0. The Hall–Kier alpha value is -0.830. The number of nitrogens with one attached hydrogen (secondary N) is 1. The highest BCUT2D eigenvalue weighted by Crippen LogP contribution is 2.13. The van der Waals surface area contributed by atoms with E-state index < -0.39 is 0 Å². The summed E-state index contributed by atoms with van der Waals surface area (Å²) in [6.45, 7) is 6.71. The Morgan fingerprint density at radius 1 is 1.73 bits per heavy atom. The molecule has 11 heavy (non-hydrogen) atoms. The van der Waals surface area contributed by atoms with E-state index in [-0.39, 0.29) is 6.04 Å². The van der Waals surface area contributed by atoms with Crippen LogP contribution in [0, 0.1) is 5.41 Å². The highest BCUT2D eigenvalue weighted by atomic mass is 15.7. The van der Waals surface area contributed by atoms with E-state index in [0.29, 0.717) is 5.84 Å². The minimum Gasteiger partial charge on any atom is -0.287 e. The van der Waals surface area contributed by atoms with Gasteiger partial charge in [0.15, 0.2) is 0 Å². The van der Waals surface area contributed by atoms with Gasteiger partial charge in [0.05, 0.1) is 6.04 Å². The highest BCUT2D eigenvalue weighted by Gasteiger charge is 2.25. The van der Waals surface area contributed by atoms with Crippen LogP contribution in [0.1, 0.15) is 13.3 Å². The van der Waals surface area contributed by atoms with Gasteiger partial charge in [0, 0.05) is 20.0 Å². The van der Waals surface area contributed by atoms with Gasteiger partial charge >= 0.3 is 0 Å². The summed E-state index contributed by atoms with van der Waals surface area (Å²) in [4.78, 5) is 0. The third-order valence-electron chi connectivity index (χ3n) is 2.04. The van der Waals surface area contributed by atoms with Gasteiger partial charge in [-0.3, -0.25) is 10.4 Å². The molecular weight excluding hydrogens is 138 g/mol. The third kappa shape index (κ3) is 1.43. The summed E-state index contributed by atoms with van der Waals surface area (Å²) in [7, 11) is 2.00. The Kier molecular flexibility index (Phi) is 2.29. The minimum absolute atomic E-state index is 0.245. The standard InChI is InChI=1S/C8H15N3/c1-4-7(2)11-8(9)5-6-10(11)3/h4,7,9H,1,5-6H2,2-3H3/t7-/m0/s1. The quantitative estimate of drug-likeness (QED) is 0.602. The Balaban J connectivity index is 2.67. The molecule has 3 nitrogen and oxygen atoms in total. The second-order valence-electron chi connectivity index (χ2n) is 2.90. The largest absolute Gasteiger partial charge is 0.287 e. The molecule has 0 aliphatic carbocycles. The molecular formula is C8H15N3. The number of hydrogen-bond donors (Lipinski definition) is 1. The van der Waals surface area contributed by atoms with Crippen molar-refractivity contribution in [1.29, 1.82) is 5.41 Å². The highest BCUT2D eigenvalue weighted by molar-refractivity contribution is 5.80. The molecule has 0 amide bonds. The lowest BCUT2D eigenvalue weighted by Crippen LogP contribution is -2.41. The molecule has 0 aromatic carbocycles. The average Bonchev–Trinajstić information content (AvgIpc) is 2.30. The molecule has 0 radical (unpaired) electrons. The van der Waals surface area contributed by atoms with Crippen molar-refractivity contribution in [2.75, 3.05) is 13.6 Å². The summed E-state index contributed by atoms with van der Waals surface area (Å²) in [6, 6.07) is 0.245. The van der Waals surface area contributed by atoms with Crippen LogP contribution in [0.4, 0.5) is 0 Å². The normalized spacial score (nSPS) is 22.4. The van der Waals surface area contributed by atoms with Gasteiger partial charge in [-0.15, -0.1) is 6.58 Å². The minimum atomic E-state index is 0.245. The molecule has 62 valence electrons. The molecule has 0 aromatic rings. The molecule has 1 saturated heterocycles.